The molecule has 0 aliphatic carbocycles. The SMILES string of the molecule is COc1ccc(N2CCOCC2)c(C#N)c1. The van der Waals surface area contributed by atoms with Crippen LogP contribution >= 0.6 is 0 Å². The summed E-state index contributed by atoms with van der Waals surface area (Å²) in [6, 6.07) is 7.79. The van der Waals surface area contributed by atoms with Gasteiger partial charge in [0.25, 0.3) is 0 Å². The largest absolute Gasteiger partial charge is 0.497 e. The standard InChI is InChI=1S/C12H14N2O2/c1-15-11-2-3-12(10(8-11)9-13)14-4-6-16-7-5-14/h2-3,8H,4-7H2,1H3. The molecule has 1 aliphatic heterocycles. The van der Waals surface area contributed by atoms with Gasteiger partial charge in [-0.3, -0.25) is 0 Å². The van der Waals surface area contributed by atoms with Crippen LogP contribution in [0.3, 0.4) is 0 Å². The molecule has 0 radical (unpaired) electrons. The fourth-order valence-corrected chi connectivity index (χ4v) is 1.81. The first-order valence-electron chi connectivity index (χ1n) is 5.26. The summed E-state index contributed by atoms with van der Waals surface area (Å²) in [5, 5.41) is 9.11. The van der Waals surface area contributed by atoms with E-state index in [4.69, 9.17) is 14.7 Å². The second-order valence-corrected chi connectivity index (χ2v) is 3.59. The summed E-state index contributed by atoms with van der Waals surface area (Å²) >= 11 is 0. The quantitative estimate of drug-likeness (QED) is 0.752. The molecule has 1 saturated heterocycles. The lowest BCUT2D eigenvalue weighted by atomic mass is 10.1. The maximum Gasteiger partial charge on any atom is 0.120 e. The van der Waals surface area contributed by atoms with Gasteiger partial charge < -0.3 is 14.4 Å². The zero-order valence-corrected chi connectivity index (χ0v) is 9.27. The molecule has 0 aromatic heterocycles. The predicted octanol–water partition coefficient (Wildman–Crippen LogP) is 1.40. The van der Waals surface area contributed by atoms with E-state index in [9.17, 15) is 0 Å². The summed E-state index contributed by atoms with van der Waals surface area (Å²) < 4.78 is 10.4. The van der Waals surface area contributed by atoms with Gasteiger partial charge in [0.1, 0.15) is 11.8 Å². The third-order valence-corrected chi connectivity index (χ3v) is 2.68. The van der Waals surface area contributed by atoms with Crippen LogP contribution in [0.1, 0.15) is 5.56 Å². The molecule has 84 valence electrons. The zero-order valence-electron chi connectivity index (χ0n) is 9.27. The van der Waals surface area contributed by atoms with Gasteiger partial charge in [0.05, 0.1) is 31.6 Å². The van der Waals surface area contributed by atoms with Crippen molar-refractivity contribution in [2.75, 3.05) is 38.3 Å². The molecule has 0 spiro atoms. The number of hydrogen-bond acceptors (Lipinski definition) is 4. The fraction of sp³-hybridized carbons (Fsp3) is 0.417. The minimum absolute atomic E-state index is 0.654. The zero-order chi connectivity index (χ0) is 11.4. The molecular formula is C12H14N2O2. The fourth-order valence-electron chi connectivity index (χ4n) is 1.81. The van der Waals surface area contributed by atoms with Crippen LogP contribution in [0.5, 0.6) is 5.75 Å². The molecule has 4 heteroatoms. The summed E-state index contributed by atoms with van der Waals surface area (Å²) in [6.07, 6.45) is 0. The summed E-state index contributed by atoms with van der Waals surface area (Å²) in [4.78, 5) is 2.17. The minimum atomic E-state index is 0.654. The maximum absolute atomic E-state index is 9.11. The molecule has 1 aromatic carbocycles. The molecule has 0 amide bonds. The third kappa shape index (κ3) is 2.10. The number of rotatable bonds is 2. The van der Waals surface area contributed by atoms with Crippen molar-refractivity contribution < 1.29 is 9.47 Å². The molecule has 1 aliphatic rings. The highest BCUT2D eigenvalue weighted by Gasteiger charge is 2.15. The molecule has 1 aromatic rings. The first-order valence-corrected chi connectivity index (χ1v) is 5.26. The van der Waals surface area contributed by atoms with Gasteiger partial charge in [0.2, 0.25) is 0 Å². The molecule has 0 N–H and O–H groups in total. The van der Waals surface area contributed by atoms with Gasteiger partial charge in [0.15, 0.2) is 0 Å². The Morgan fingerprint density at radius 3 is 2.75 bits per heavy atom. The molecule has 0 unspecified atom stereocenters. The molecule has 0 saturated carbocycles. The van der Waals surface area contributed by atoms with Gasteiger partial charge in [0, 0.05) is 13.1 Å². The van der Waals surface area contributed by atoms with E-state index < -0.39 is 0 Å². The number of nitrogens with zero attached hydrogens (tertiary/aromatic N) is 2. The van der Waals surface area contributed by atoms with Crippen molar-refractivity contribution in [1.29, 1.82) is 5.26 Å². The Hall–Kier alpha value is -1.73. The van der Waals surface area contributed by atoms with Crippen LogP contribution in [-0.2, 0) is 4.74 Å². The van der Waals surface area contributed by atoms with E-state index in [1.54, 1.807) is 13.2 Å². The van der Waals surface area contributed by atoms with E-state index in [0.717, 1.165) is 32.0 Å². The molecular weight excluding hydrogens is 204 g/mol. The predicted molar refractivity (Wildman–Crippen MR) is 60.7 cm³/mol. The lowest BCUT2D eigenvalue weighted by Gasteiger charge is -2.29. The van der Waals surface area contributed by atoms with Crippen molar-refractivity contribution in [2.24, 2.45) is 0 Å². The van der Waals surface area contributed by atoms with Crippen molar-refractivity contribution in [3.63, 3.8) is 0 Å². The van der Waals surface area contributed by atoms with Crippen LogP contribution in [0.25, 0.3) is 0 Å². The molecule has 1 fully saturated rings. The molecule has 2 rings (SSSR count). The van der Waals surface area contributed by atoms with Crippen LogP contribution < -0.4 is 9.64 Å². The van der Waals surface area contributed by atoms with Crippen molar-refractivity contribution in [3.05, 3.63) is 23.8 Å². The molecule has 16 heavy (non-hydrogen) atoms. The van der Waals surface area contributed by atoms with Crippen LogP contribution in [-0.4, -0.2) is 33.4 Å². The summed E-state index contributed by atoms with van der Waals surface area (Å²) in [7, 11) is 1.60. The van der Waals surface area contributed by atoms with Gasteiger partial charge in [-0.15, -0.1) is 0 Å². The topological polar surface area (TPSA) is 45.5 Å². The molecule has 1 heterocycles. The van der Waals surface area contributed by atoms with E-state index in [-0.39, 0.29) is 0 Å². The summed E-state index contributed by atoms with van der Waals surface area (Å²) in [5.74, 6) is 0.716. The van der Waals surface area contributed by atoms with Crippen molar-refractivity contribution >= 4 is 5.69 Å². The van der Waals surface area contributed by atoms with Crippen LogP contribution in [0.15, 0.2) is 18.2 Å². The minimum Gasteiger partial charge on any atom is -0.497 e. The molecule has 0 bridgehead atoms. The Balaban J connectivity index is 2.29. The van der Waals surface area contributed by atoms with Crippen LogP contribution in [0.4, 0.5) is 5.69 Å². The van der Waals surface area contributed by atoms with Crippen molar-refractivity contribution in [1.82, 2.24) is 0 Å². The first-order chi connectivity index (χ1) is 7.85. The number of morpholine rings is 1. The Morgan fingerprint density at radius 1 is 1.38 bits per heavy atom. The van der Waals surface area contributed by atoms with Gasteiger partial charge in [-0.25, -0.2) is 0 Å². The molecule has 4 nitrogen and oxygen atoms in total. The highest BCUT2D eigenvalue weighted by atomic mass is 16.5. The van der Waals surface area contributed by atoms with Gasteiger partial charge in [-0.1, -0.05) is 0 Å². The normalized spacial score (nSPS) is 15.6. The summed E-state index contributed by atoms with van der Waals surface area (Å²) in [5.41, 5.74) is 1.62. The van der Waals surface area contributed by atoms with E-state index in [0.29, 0.717) is 11.3 Å². The number of ether oxygens (including phenoxy) is 2. The van der Waals surface area contributed by atoms with Gasteiger partial charge in [-0.05, 0) is 18.2 Å². The van der Waals surface area contributed by atoms with Crippen molar-refractivity contribution in [2.45, 2.75) is 0 Å². The number of methoxy groups -OCH3 is 1. The van der Waals surface area contributed by atoms with Gasteiger partial charge in [-0.2, -0.15) is 5.26 Å². The Bertz CT molecular complexity index is 406. The van der Waals surface area contributed by atoms with E-state index in [2.05, 4.69) is 11.0 Å². The van der Waals surface area contributed by atoms with Crippen LogP contribution in [0, 0.1) is 11.3 Å². The first kappa shape index (κ1) is 10.8. The lowest BCUT2D eigenvalue weighted by molar-refractivity contribution is 0.122. The number of hydrogen-bond donors (Lipinski definition) is 0. The Kier molecular flexibility index (Phi) is 3.28. The average Bonchev–Trinajstić information content (AvgIpc) is 2.39. The lowest BCUT2D eigenvalue weighted by Crippen LogP contribution is -2.36. The number of benzene rings is 1. The number of anilines is 1. The Morgan fingerprint density at radius 2 is 2.12 bits per heavy atom. The van der Waals surface area contributed by atoms with E-state index in [1.807, 2.05) is 12.1 Å². The average molecular weight is 218 g/mol. The summed E-state index contributed by atoms with van der Waals surface area (Å²) in [6.45, 7) is 3.11. The second kappa shape index (κ2) is 4.86. The van der Waals surface area contributed by atoms with E-state index >= 15 is 0 Å². The van der Waals surface area contributed by atoms with Crippen LogP contribution in [0.2, 0.25) is 0 Å². The molecule has 0 atom stereocenters. The third-order valence-electron chi connectivity index (χ3n) is 2.68. The van der Waals surface area contributed by atoms with E-state index in [1.165, 1.54) is 0 Å². The maximum atomic E-state index is 9.11. The highest BCUT2D eigenvalue weighted by Crippen LogP contribution is 2.25. The highest BCUT2D eigenvalue weighted by molar-refractivity contribution is 5.61. The van der Waals surface area contributed by atoms with Crippen molar-refractivity contribution in [3.8, 4) is 11.8 Å². The smallest absolute Gasteiger partial charge is 0.120 e. The number of nitriles is 1. The van der Waals surface area contributed by atoms with Gasteiger partial charge >= 0.3 is 0 Å². The Labute approximate surface area is 95.0 Å². The second-order valence-electron chi connectivity index (χ2n) is 3.59. The monoisotopic (exact) mass is 218 g/mol.